The summed E-state index contributed by atoms with van der Waals surface area (Å²) in [5, 5.41) is 5.88. The molecule has 2 heterocycles. The maximum Gasteiger partial charge on any atom is 0.229 e. The van der Waals surface area contributed by atoms with Gasteiger partial charge in [0.1, 0.15) is 0 Å². The molecule has 0 saturated heterocycles. The van der Waals surface area contributed by atoms with Crippen LogP contribution in [0.1, 0.15) is 0 Å². The zero-order chi connectivity index (χ0) is 11.0. The highest BCUT2D eigenvalue weighted by atomic mass is 16.5. The van der Waals surface area contributed by atoms with E-state index in [1.54, 1.807) is 12.4 Å². The normalized spacial score (nSPS) is 10.8. The molecule has 0 aliphatic rings. The van der Waals surface area contributed by atoms with Gasteiger partial charge in [-0.25, -0.2) is 0 Å². The minimum absolute atomic E-state index is 0.341. The lowest BCUT2D eigenvalue weighted by Gasteiger charge is -2.00. The van der Waals surface area contributed by atoms with Crippen molar-refractivity contribution in [1.29, 1.82) is 0 Å². The van der Waals surface area contributed by atoms with Crippen LogP contribution < -0.4 is 5.73 Å². The molecule has 2 N–H and O–H groups in total. The summed E-state index contributed by atoms with van der Waals surface area (Å²) in [7, 11) is 0. The van der Waals surface area contributed by atoms with Crippen LogP contribution in [0, 0.1) is 0 Å². The van der Waals surface area contributed by atoms with Crippen molar-refractivity contribution in [3.63, 3.8) is 0 Å². The van der Waals surface area contributed by atoms with Crippen LogP contribution in [-0.4, -0.2) is 10.1 Å². The average Bonchev–Trinajstić information content (AvgIpc) is 2.75. The Labute approximate surface area is 91.7 Å². The van der Waals surface area contributed by atoms with Crippen LogP contribution in [-0.2, 0) is 0 Å². The summed E-state index contributed by atoms with van der Waals surface area (Å²) in [5.74, 6) is 0.341. The smallest absolute Gasteiger partial charge is 0.229 e. The minimum Gasteiger partial charge on any atom is -0.367 e. The number of anilines is 1. The number of fused-ring (bicyclic) bond motifs is 1. The first-order valence-electron chi connectivity index (χ1n) is 4.89. The molecular formula is C12H9N3O. The molecule has 0 fully saturated rings. The van der Waals surface area contributed by atoms with E-state index < -0.39 is 0 Å². The molecule has 4 nitrogen and oxygen atoms in total. The van der Waals surface area contributed by atoms with Crippen molar-refractivity contribution in [3.8, 4) is 11.1 Å². The fraction of sp³-hybridized carbons (Fsp3) is 0. The van der Waals surface area contributed by atoms with Crippen LogP contribution in [0.25, 0.3) is 21.9 Å². The molecular weight excluding hydrogens is 202 g/mol. The molecule has 0 amide bonds. The molecule has 0 radical (unpaired) electrons. The van der Waals surface area contributed by atoms with Crippen LogP contribution in [0.15, 0.2) is 47.4 Å². The standard InChI is InChI=1S/C12H9N3O/c13-12-11(7-15-16-12)9-1-2-10-6-14-4-3-8(10)5-9/h1-7H,13H2. The Morgan fingerprint density at radius 1 is 1.06 bits per heavy atom. The first-order chi connectivity index (χ1) is 7.84. The summed E-state index contributed by atoms with van der Waals surface area (Å²) < 4.78 is 4.85. The molecule has 0 unspecified atom stereocenters. The number of pyridine rings is 1. The Bertz CT molecular complexity index is 645. The number of nitrogens with zero attached hydrogens (tertiary/aromatic N) is 2. The maximum absolute atomic E-state index is 5.68. The van der Waals surface area contributed by atoms with Gasteiger partial charge in [0.2, 0.25) is 5.88 Å². The lowest BCUT2D eigenvalue weighted by Crippen LogP contribution is -1.85. The zero-order valence-electron chi connectivity index (χ0n) is 8.42. The van der Waals surface area contributed by atoms with E-state index in [-0.39, 0.29) is 0 Å². The Hall–Kier alpha value is -2.36. The van der Waals surface area contributed by atoms with Crippen LogP contribution in [0.4, 0.5) is 5.88 Å². The summed E-state index contributed by atoms with van der Waals surface area (Å²) in [6.45, 7) is 0. The van der Waals surface area contributed by atoms with Crippen LogP contribution >= 0.6 is 0 Å². The average molecular weight is 211 g/mol. The van der Waals surface area contributed by atoms with Gasteiger partial charge in [0.05, 0.1) is 11.8 Å². The molecule has 0 spiro atoms. The maximum atomic E-state index is 5.68. The van der Waals surface area contributed by atoms with Gasteiger partial charge in [-0.1, -0.05) is 17.3 Å². The van der Waals surface area contributed by atoms with Gasteiger partial charge in [-0.3, -0.25) is 4.98 Å². The first-order valence-corrected chi connectivity index (χ1v) is 4.89. The highest BCUT2D eigenvalue weighted by Crippen LogP contribution is 2.27. The third-order valence-electron chi connectivity index (χ3n) is 2.55. The highest BCUT2D eigenvalue weighted by Gasteiger charge is 2.07. The number of benzene rings is 1. The molecule has 3 rings (SSSR count). The van der Waals surface area contributed by atoms with Gasteiger partial charge < -0.3 is 10.3 Å². The van der Waals surface area contributed by atoms with Gasteiger partial charge in [0.25, 0.3) is 0 Å². The topological polar surface area (TPSA) is 64.9 Å². The van der Waals surface area contributed by atoms with Gasteiger partial charge in [-0.15, -0.1) is 0 Å². The predicted molar refractivity (Wildman–Crippen MR) is 61.7 cm³/mol. The van der Waals surface area contributed by atoms with E-state index in [0.717, 1.165) is 21.9 Å². The molecule has 3 aromatic rings. The summed E-state index contributed by atoms with van der Waals surface area (Å²) >= 11 is 0. The number of aromatic nitrogens is 2. The lowest BCUT2D eigenvalue weighted by atomic mass is 10.0. The molecule has 0 bridgehead atoms. The van der Waals surface area contributed by atoms with Crippen molar-refractivity contribution >= 4 is 16.7 Å². The molecule has 78 valence electrons. The van der Waals surface area contributed by atoms with Crippen molar-refractivity contribution in [2.24, 2.45) is 0 Å². The van der Waals surface area contributed by atoms with Crippen molar-refractivity contribution in [2.75, 3.05) is 5.73 Å². The van der Waals surface area contributed by atoms with Crippen molar-refractivity contribution in [1.82, 2.24) is 10.1 Å². The molecule has 4 heteroatoms. The fourth-order valence-electron chi connectivity index (χ4n) is 1.72. The summed E-state index contributed by atoms with van der Waals surface area (Å²) in [4.78, 5) is 4.07. The van der Waals surface area contributed by atoms with Gasteiger partial charge in [0, 0.05) is 17.8 Å². The summed E-state index contributed by atoms with van der Waals surface area (Å²) in [6.07, 6.45) is 5.22. The zero-order valence-corrected chi connectivity index (χ0v) is 8.42. The third kappa shape index (κ3) is 1.32. The molecule has 0 aliphatic heterocycles. The van der Waals surface area contributed by atoms with Gasteiger partial charge in [-0.05, 0) is 23.1 Å². The second-order valence-electron chi connectivity index (χ2n) is 3.54. The van der Waals surface area contributed by atoms with Crippen LogP contribution in [0.2, 0.25) is 0 Å². The van der Waals surface area contributed by atoms with E-state index in [1.165, 1.54) is 0 Å². The monoisotopic (exact) mass is 211 g/mol. The minimum atomic E-state index is 0.341. The largest absolute Gasteiger partial charge is 0.367 e. The van der Waals surface area contributed by atoms with Crippen molar-refractivity contribution < 1.29 is 4.52 Å². The quantitative estimate of drug-likeness (QED) is 0.671. The SMILES string of the molecule is Nc1oncc1-c1ccc2cnccc2c1. The van der Waals surface area contributed by atoms with Crippen molar-refractivity contribution in [3.05, 3.63) is 42.9 Å². The number of hydrogen-bond donors (Lipinski definition) is 1. The number of nitrogen functional groups attached to an aromatic ring is 1. The first kappa shape index (κ1) is 8.91. The molecule has 0 saturated carbocycles. The van der Waals surface area contributed by atoms with Crippen LogP contribution in [0.3, 0.4) is 0 Å². The van der Waals surface area contributed by atoms with E-state index in [9.17, 15) is 0 Å². The van der Waals surface area contributed by atoms with Crippen molar-refractivity contribution in [2.45, 2.75) is 0 Å². The van der Waals surface area contributed by atoms with E-state index in [2.05, 4.69) is 10.1 Å². The predicted octanol–water partition coefficient (Wildman–Crippen LogP) is 2.47. The summed E-state index contributed by atoms with van der Waals surface area (Å²) in [5.41, 5.74) is 7.49. The summed E-state index contributed by atoms with van der Waals surface area (Å²) in [6, 6.07) is 7.99. The fourth-order valence-corrected chi connectivity index (χ4v) is 1.72. The van der Waals surface area contributed by atoms with Gasteiger partial charge >= 0.3 is 0 Å². The number of rotatable bonds is 1. The van der Waals surface area contributed by atoms with Gasteiger partial charge in [0.15, 0.2) is 0 Å². The molecule has 0 atom stereocenters. The molecule has 1 aromatic carbocycles. The van der Waals surface area contributed by atoms with Gasteiger partial charge in [-0.2, -0.15) is 0 Å². The third-order valence-corrected chi connectivity index (χ3v) is 2.55. The molecule has 16 heavy (non-hydrogen) atoms. The Morgan fingerprint density at radius 3 is 2.81 bits per heavy atom. The van der Waals surface area contributed by atoms with Crippen LogP contribution in [0.5, 0.6) is 0 Å². The Balaban J connectivity index is 2.23. The van der Waals surface area contributed by atoms with E-state index >= 15 is 0 Å². The number of hydrogen-bond acceptors (Lipinski definition) is 4. The van der Waals surface area contributed by atoms with E-state index in [4.69, 9.17) is 10.3 Å². The second kappa shape index (κ2) is 3.34. The highest BCUT2D eigenvalue weighted by molar-refractivity contribution is 5.87. The molecule has 2 aromatic heterocycles. The van der Waals surface area contributed by atoms with E-state index in [0.29, 0.717) is 5.88 Å². The lowest BCUT2D eigenvalue weighted by molar-refractivity contribution is 0.436. The Kier molecular flexibility index (Phi) is 1.86. The second-order valence-corrected chi connectivity index (χ2v) is 3.54. The van der Waals surface area contributed by atoms with E-state index in [1.807, 2.05) is 30.5 Å². The number of nitrogens with two attached hydrogens (primary N) is 1. The Morgan fingerprint density at radius 2 is 2.00 bits per heavy atom. The molecule has 0 aliphatic carbocycles.